The molecule has 0 saturated carbocycles. The fourth-order valence-corrected chi connectivity index (χ4v) is 1.16. The van der Waals surface area contributed by atoms with Crippen molar-refractivity contribution in [2.24, 2.45) is 0 Å². The molecular weight excluding hydrogens is 168 g/mol. The van der Waals surface area contributed by atoms with Crippen LogP contribution in [-0.4, -0.2) is 18.2 Å². The highest BCUT2D eigenvalue weighted by atomic mass is 16.5. The Morgan fingerprint density at radius 2 is 2.23 bits per heavy atom. The lowest BCUT2D eigenvalue weighted by molar-refractivity contribution is -0.136. The van der Waals surface area contributed by atoms with Crippen molar-refractivity contribution in [3.8, 4) is 5.75 Å². The Bertz CT molecular complexity index is 318. The summed E-state index contributed by atoms with van der Waals surface area (Å²) in [6.07, 6.45) is 0.0653. The average Bonchev–Trinajstić information content (AvgIpc) is 2.08. The number of methoxy groups -OCH3 is 1. The van der Waals surface area contributed by atoms with Gasteiger partial charge in [-0.3, -0.25) is 4.79 Å². The Hall–Kier alpha value is -1.51. The lowest BCUT2D eigenvalue weighted by atomic mass is 10.1. The third-order valence-electron chi connectivity index (χ3n) is 1.89. The van der Waals surface area contributed by atoms with Crippen LogP contribution < -0.4 is 4.74 Å². The Balaban J connectivity index is 2.91. The van der Waals surface area contributed by atoms with Crippen LogP contribution in [0.3, 0.4) is 0 Å². The molecule has 0 heterocycles. The summed E-state index contributed by atoms with van der Waals surface area (Å²) in [7, 11) is 1.59. The second kappa shape index (κ2) is 3.94. The minimum atomic E-state index is -0.812. The smallest absolute Gasteiger partial charge is 0.307 e. The van der Waals surface area contributed by atoms with Crippen molar-refractivity contribution in [1.82, 2.24) is 0 Å². The summed E-state index contributed by atoms with van der Waals surface area (Å²) < 4.78 is 5.01. The molecule has 0 atom stereocenters. The van der Waals surface area contributed by atoms with Crippen molar-refractivity contribution < 1.29 is 14.6 Å². The van der Waals surface area contributed by atoms with Crippen molar-refractivity contribution in [2.75, 3.05) is 7.11 Å². The first kappa shape index (κ1) is 9.58. The first-order valence-electron chi connectivity index (χ1n) is 3.99. The molecule has 0 saturated heterocycles. The van der Waals surface area contributed by atoms with Crippen LogP contribution in [0, 0.1) is 6.92 Å². The Morgan fingerprint density at radius 1 is 1.54 bits per heavy atom. The lowest BCUT2D eigenvalue weighted by Gasteiger charge is -2.05. The lowest BCUT2D eigenvalue weighted by Crippen LogP contribution is -2.01. The van der Waals surface area contributed by atoms with E-state index in [4.69, 9.17) is 9.84 Å². The van der Waals surface area contributed by atoms with Gasteiger partial charge in [-0.1, -0.05) is 6.07 Å². The predicted molar refractivity (Wildman–Crippen MR) is 49.1 cm³/mol. The molecule has 1 aromatic rings. The fraction of sp³-hybridized carbons (Fsp3) is 0.300. The van der Waals surface area contributed by atoms with E-state index < -0.39 is 5.97 Å². The minimum Gasteiger partial charge on any atom is -0.497 e. The number of benzene rings is 1. The van der Waals surface area contributed by atoms with E-state index in [1.165, 1.54) is 0 Å². The van der Waals surface area contributed by atoms with E-state index >= 15 is 0 Å². The first-order valence-corrected chi connectivity index (χ1v) is 3.99. The van der Waals surface area contributed by atoms with E-state index in [2.05, 4.69) is 0 Å². The van der Waals surface area contributed by atoms with Crippen LogP contribution in [0.2, 0.25) is 0 Å². The number of ether oxygens (including phenoxy) is 1. The van der Waals surface area contributed by atoms with Crippen molar-refractivity contribution in [3.05, 3.63) is 29.3 Å². The Labute approximate surface area is 77.0 Å². The molecule has 1 N–H and O–H groups in total. The van der Waals surface area contributed by atoms with E-state index in [1.807, 2.05) is 13.0 Å². The van der Waals surface area contributed by atoms with E-state index in [0.29, 0.717) is 0 Å². The molecule has 1 aromatic carbocycles. The zero-order chi connectivity index (χ0) is 9.84. The highest BCUT2D eigenvalue weighted by molar-refractivity contribution is 5.70. The predicted octanol–water partition coefficient (Wildman–Crippen LogP) is 1.63. The molecule has 0 aliphatic heterocycles. The highest BCUT2D eigenvalue weighted by Crippen LogP contribution is 2.16. The maximum absolute atomic E-state index is 10.4. The maximum Gasteiger partial charge on any atom is 0.307 e. The second-order valence-corrected chi connectivity index (χ2v) is 2.86. The van der Waals surface area contributed by atoms with Gasteiger partial charge in [0.1, 0.15) is 5.75 Å². The topological polar surface area (TPSA) is 46.5 Å². The van der Waals surface area contributed by atoms with Gasteiger partial charge in [-0.15, -0.1) is 0 Å². The third kappa shape index (κ3) is 2.47. The van der Waals surface area contributed by atoms with Gasteiger partial charge in [0.05, 0.1) is 13.5 Å². The van der Waals surface area contributed by atoms with Crippen LogP contribution in [0.5, 0.6) is 5.75 Å². The number of aliphatic carboxylic acids is 1. The molecule has 0 bridgehead atoms. The van der Waals surface area contributed by atoms with Gasteiger partial charge >= 0.3 is 5.97 Å². The molecule has 0 amide bonds. The van der Waals surface area contributed by atoms with Crippen LogP contribution >= 0.6 is 0 Å². The number of aryl methyl sites for hydroxylation is 1. The molecule has 0 fully saturated rings. The highest BCUT2D eigenvalue weighted by Gasteiger charge is 2.04. The Kier molecular flexibility index (Phi) is 2.90. The van der Waals surface area contributed by atoms with Gasteiger partial charge in [0.15, 0.2) is 0 Å². The Morgan fingerprint density at radius 3 is 2.69 bits per heavy atom. The van der Waals surface area contributed by atoms with E-state index in [1.54, 1.807) is 19.2 Å². The summed E-state index contributed by atoms with van der Waals surface area (Å²) in [6.45, 7) is 1.88. The molecule has 70 valence electrons. The SMILES string of the molecule is COc1ccc(CC(=O)O)c(C)c1. The van der Waals surface area contributed by atoms with Crippen LogP contribution in [-0.2, 0) is 11.2 Å². The zero-order valence-electron chi connectivity index (χ0n) is 7.70. The van der Waals surface area contributed by atoms with Crippen LogP contribution in [0.1, 0.15) is 11.1 Å². The summed E-state index contributed by atoms with van der Waals surface area (Å²) in [5.41, 5.74) is 1.77. The van der Waals surface area contributed by atoms with Gasteiger partial charge in [-0.25, -0.2) is 0 Å². The molecule has 1 rings (SSSR count). The van der Waals surface area contributed by atoms with E-state index in [-0.39, 0.29) is 6.42 Å². The minimum absolute atomic E-state index is 0.0653. The average molecular weight is 180 g/mol. The van der Waals surface area contributed by atoms with Gasteiger partial charge in [-0.05, 0) is 30.2 Å². The first-order chi connectivity index (χ1) is 6.13. The van der Waals surface area contributed by atoms with Crippen LogP contribution in [0.4, 0.5) is 0 Å². The number of hydrogen-bond acceptors (Lipinski definition) is 2. The van der Waals surface area contributed by atoms with Crippen molar-refractivity contribution in [3.63, 3.8) is 0 Å². The van der Waals surface area contributed by atoms with Crippen LogP contribution in [0.15, 0.2) is 18.2 Å². The van der Waals surface area contributed by atoms with Crippen LogP contribution in [0.25, 0.3) is 0 Å². The second-order valence-electron chi connectivity index (χ2n) is 2.86. The molecule has 0 radical (unpaired) electrons. The zero-order valence-corrected chi connectivity index (χ0v) is 7.70. The molecule has 0 spiro atoms. The standard InChI is InChI=1S/C10H12O3/c1-7-5-9(13-2)4-3-8(7)6-10(11)12/h3-5H,6H2,1-2H3,(H,11,12). The number of hydrogen-bond donors (Lipinski definition) is 1. The van der Waals surface area contributed by atoms with Gasteiger partial charge in [0.25, 0.3) is 0 Å². The molecule has 3 heteroatoms. The summed E-state index contributed by atoms with van der Waals surface area (Å²) in [5, 5.41) is 8.59. The molecule has 0 unspecified atom stereocenters. The van der Waals surface area contributed by atoms with Gasteiger partial charge in [0, 0.05) is 0 Å². The number of carboxylic acids is 1. The summed E-state index contributed by atoms with van der Waals surface area (Å²) in [5.74, 6) is -0.0556. The molecule has 0 aliphatic carbocycles. The van der Waals surface area contributed by atoms with Crippen molar-refractivity contribution >= 4 is 5.97 Å². The fourth-order valence-electron chi connectivity index (χ4n) is 1.16. The van der Waals surface area contributed by atoms with Gasteiger partial charge < -0.3 is 9.84 Å². The quantitative estimate of drug-likeness (QED) is 0.769. The van der Waals surface area contributed by atoms with Gasteiger partial charge in [0.2, 0.25) is 0 Å². The summed E-state index contributed by atoms with van der Waals surface area (Å²) in [4.78, 5) is 10.4. The maximum atomic E-state index is 10.4. The van der Waals surface area contributed by atoms with E-state index in [9.17, 15) is 4.79 Å². The molecule has 0 aromatic heterocycles. The molecule has 0 aliphatic rings. The monoisotopic (exact) mass is 180 g/mol. The largest absolute Gasteiger partial charge is 0.497 e. The number of rotatable bonds is 3. The van der Waals surface area contributed by atoms with Gasteiger partial charge in [-0.2, -0.15) is 0 Å². The molecular formula is C10H12O3. The third-order valence-corrected chi connectivity index (χ3v) is 1.89. The van der Waals surface area contributed by atoms with Crippen molar-refractivity contribution in [2.45, 2.75) is 13.3 Å². The van der Waals surface area contributed by atoms with E-state index in [0.717, 1.165) is 16.9 Å². The summed E-state index contributed by atoms with van der Waals surface area (Å²) >= 11 is 0. The summed E-state index contributed by atoms with van der Waals surface area (Å²) in [6, 6.07) is 5.38. The normalized spacial score (nSPS) is 9.69. The molecule has 13 heavy (non-hydrogen) atoms. The van der Waals surface area contributed by atoms with Crippen molar-refractivity contribution in [1.29, 1.82) is 0 Å². The number of carbonyl (C=O) groups is 1. The number of carboxylic acid groups (broad SMARTS) is 1. The molecule has 3 nitrogen and oxygen atoms in total.